The molecule has 1 aromatic rings. The highest BCUT2D eigenvalue weighted by atomic mass is 79.9. The largest absolute Gasteiger partial charge is 0.456 e. The van der Waals surface area contributed by atoms with Crippen molar-refractivity contribution in [3.8, 4) is 0 Å². The van der Waals surface area contributed by atoms with Crippen LogP contribution in [0.15, 0.2) is 55.6 Å². The number of carbonyl (C=O) groups is 1. The van der Waals surface area contributed by atoms with Gasteiger partial charge in [-0.3, -0.25) is 4.79 Å². The number of hydrogen-bond donors (Lipinski definition) is 0. The summed E-state index contributed by atoms with van der Waals surface area (Å²) in [5, 5.41) is -0.555. The van der Waals surface area contributed by atoms with Crippen molar-refractivity contribution in [2.45, 2.75) is 43.0 Å². The number of benzene rings is 1. The van der Waals surface area contributed by atoms with Crippen molar-refractivity contribution in [1.82, 2.24) is 0 Å². The summed E-state index contributed by atoms with van der Waals surface area (Å²) in [5.74, 6) is -0.423. The lowest BCUT2D eigenvalue weighted by molar-refractivity contribution is -0.242. The maximum absolute atomic E-state index is 11.6. The van der Waals surface area contributed by atoms with Crippen LogP contribution in [0, 0.1) is 0 Å². The predicted octanol–water partition coefficient (Wildman–Crippen LogP) is 3.40. The molecule has 0 aromatic heterocycles. The number of carbonyl (C=O) groups excluding carboxylic acids is 1. The number of hydrogen-bond acceptors (Lipinski definition) is 6. The van der Waals surface area contributed by atoms with Gasteiger partial charge >= 0.3 is 5.97 Å². The fourth-order valence-electron chi connectivity index (χ4n) is 2.92. The Balaban J connectivity index is 2.21. The van der Waals surface area contributed by atoms with Crippen LogP contribution in [-0.2, 0) is 35.1 Å². The lowest BCUT2D eigenvalue weighted by atomic mass is 9.99. The maximum atomic E-state index is 11.6. The molecule has 2 rings (SSSR count). The molecular weight excluding hydrogens is 428 g/mol. The molecule has 1 saturated heterocycles. The molecular formula is C21H27BrO6. The van der Waals surface area contributed by atoms with E-state index in [0.717, 1.165) is 5.56 Å². The van der Waals surface area contributed by atoms with Crippen LogP contribution >= 0.6 is 15.9 Å². The Labute approximate surface area is 174 Å². The highest BCUT2D eigenvalue weighted by Crippen LogP contribution is 2.32. The number of rotatable bonds is 11. The summed E-state index contributed by atoms with van der Waals surface area (Å²) < 4.78 is 29.2. The number of alkyl halides is 1. The smallest absolute Gasteiger partial charge is 0.303 e. The molecule has 0 saturated carbocycles. The van der Waals surface area contributed by atoms with Gasteiger partial charge in [0.15, 0.2) is 11.1 Å². The number of halogens is 1. The van der Waals surface area contributed by atoms with Crippen LogP contribution in [0.2, 0.25) is 0 Å². The molecule has 5 atom stereocenters. The second-order valence-corrected chi connectivity index (χ2v) is 7.18. The molecule has 1 aliphatic heterocycles. The Hall–Kier alpha value is -1.51. The van der Waals surface area contributed by atoms with E-state index in [1.54, 1.807) is 12.2 Å². The first kappa shape index (κ1) is 22.8. The SMILES string of the molecule is C=CCOC[C@H]1O[C@H](Br)[C@H](OC(C)=O)[C@@H](OCC=C)[C@@H]1OCc1ccccc1. The Bertz CT molecular complexity index is 623. The monoisotopic (exact) mass is 454 g/mol. The Kier molecular flexibility index (Phi) is 9.87. The Morgan fingerprint density at radius 3 is 2.46 bits per heavy atom. The first-order valence-corrected chi connectivity index (χ1v) is 10.0. The zero-order valence-electron chi connectivity index (χ0n) is 16.0. The Morgan fingerprint density at radius 1 is 1.11 bits per heavy atom. The van der Waals surface area contributed by atoms with E-state index in [-0.39, 0.29) is 13.2 Å². The van der Waals surface area contributed by atoms with Gasteiger partial charge in [0.25, 0.3) is 0 Å². The van der Waals surface area contributed by atoms with Gasteiger partial charge in [0.1, 0.15) is 18.3 Å². The zero-order chi connectivity index (χ0) is 20.4. The third-order valence-electron chi connectivity index (χ3n) is 4.09. The van der Waals surface area contributed by atoms with Crippen LogP contribution in [-0.4, -0.2) is 55.2 Å². The summed E-state index contributed by atoms with van der Waals surface area (Å²) >= 11 is 3.45. The molecule has 6 nitrogen and oxygen atoms in total. The standard InChI is InChI=1S/C21H27BrO6/c1-4-11-24-14-17-18(26-13-16-9-7-6-8-10-16)19(25-12-5-2)20(21(22)28-17)27-15(3)23/h4-10,17-21H,1-2,11-14H2,3H3/t17-,18-,19+,20-,21+/m1/s1. The van der Waals surface area contributed by atoms with Crippen LogP contribution in [0.1, 0.15) is 12.5 Å². The van der Waals surface area contributed by atoms with Crippen molar-refractivity contribution >= 4 is 21.9 Å². The zero-order valence-corrected chi connectivity index (χ0v) is 17.6. The second-order valence-electron chi connectivity index (χ2n) is 6.27. The second kappa shape index (κ2) is 12.1. The average Bonchev–Trinajstić information content (AvgIpc) is 2.68. The predicted molar refractivity (Wildman–Crippen MR) is 109 cm³/mol. The van der Waals surface area contributed by atoms with Crippen molar-refractivity contribution in [3.05, 3.63) is 61.2 Å². The van der Waals surface area contributed by atoms with Crippen LogP contribution in [0.4, 0.5) is 0 Å². The third-order valence-corrected chi connectivity index (χ3v) is 4.83. The minimum Gasteiger partial charge on any atom is -0.456 e. The quantitative estimate of drug-likeness (QED) is 0.221. The first-order chi connectivity index (χ1) is 13.6. The number of esters is 1. The summed E-state index contributed by atoms with van der Waals surface area (Å²) in [7, 11) is 0. The molecule has 154 valence electrons. The molecule has 0 bridgehead atoms. The molecule has 0 amide bonds. The lowest BCUT2D eigenvalue weighted by Gasteiger charge is -2.44. The van der Waals surface area contributed by atoms with E-state index in [2.05, 4.69) is 29.1 Å². The van der Waals surface area contributed by atoms with E-state index in [0.29, 0.717) is 13.2 Å². The molecule has 28 heavy (non-hydrogen) atoms. The fraction of sp³-hybridized carbons (Fsp3) is 0.476. The molecule has 1 aromatic carbocycles. The molecule has 7 heteroatoms. The average molecular weight is 455 g/mol. The van der Waals surface area contributed by atoms with Crippen molar-refractivity contribution in [2.24, 2.45) is 0 Å². The van der Waals surface area contributed by atoms with Gasteiger partial charge in [-0.1, -0.05) is 58.4 Å². The fourth-order valence-corrected chi connectivity index (χ4v) is 3.61. The van der Waals surface area contributed by atoms with Gasteiger partial charge in [-0.15, -0.1) is 13.2 Å². The highest BCUT2D eigenvalue weighted by Gasteiger charge is 2.48. The van der Waals surface area contributed by atoms with Gasteiger partial charge in [-0.2, -0.15) is 0 Å². The number of ether oxygens (including phenoxy) is 5. The van der Waals surface area contributed by atoms with Crippen molar-refractivity contribution in [3.63, 3.8) is 0 Å². The van der Waals surface area contributed by atoms with E-state index in [9.17, 15) is 4.79 Å². The summed E-state index contributed by atoms with van der Waals surface area (Å²) in [4.78, 5) is 11.6. The van der Waals surface area contributed by atoms with Crippen molar-refractivity contribution < 1.29 is 28.5 Å². The van der Waals surface area contributed by atoms with Gasteiger partial charge in [0, 0.05) is 6.92 Å². The molecule has 1 heterocycles. The minimum atomic E-state index is -0.672. The first-order valence-electron chi connectivity index (χ1n) is 9.10. The summed E-state index contributed by atoms with van der Waals surface area (Å²) in [6.45, 7) is 10.0. The summed E-state index contributed by atoms with van der Waals surface area (Å²) in [6.07, 6.45) is 1.15. The lowest BCUT2D eigenvalue weighted by Crippen LogP contribution is -2.60. The molecule has 0 N–H and O–H groups in total. The molecule has 0 unspecified atom stereocenters. The molecule has 1 fully saturated rings. The van der Waals surface area contributed by atoms with Crippen LogP contribution in [0.3, 0.4) is 0 Å². The van der Waals surface area contributed by atoms with Gasteiger partial charge < -0.3 is 23.7 Å². The summed E-state index contributed by atoms with van der Waals surface area (Å²) in [5.41, 5.74) is 1.01. The summed E-state index contributed by atoms with van der Waals surface area (Å²) in [6, 6.07) is 9.79. The highest BCUT2D eigenvalue weighted by molar-refractivity contribution is 9.09. The van der Waals surface area contributed by atoms with Gasteiger partial charge in [0.05, 0.1) is 26.4 Å². The third kappa shape index (κ3) is 6.83. The normalized spacial score (nSPS) is 27.1. The topological polar surface area (TPSA) is 63.2 Å². The van der Waals surface area contributed by atoms with Crippen LogP contribution in [0.25, 0.3) is 0 Å². The van der Waals surface area contributed by atoms with Gasteiger partial charge in [-0.25, -0.2) is 0 Å². The van der Waals surface area contributed by atoms with E-state index in [4.69, 9.17) is 23.7 Å². The Morgan fingerprint density at radius 2 is 1.82 bits per heavy atom. The van der Waals surface area contributed by atoms with E-state index < -0.39 is 35.4 Å². The van der Waals surface area contributed by atoms with Crippen molar-refractivity contribution in [2.75, 3.05) is 19.8 Å². The van der Waals surface area contributed by atoms with Crippen molar-refractivity contribution in [1.29, 1.82) is 0 Å². The molecule has 0 spiro atoms. The van der Waals surface area contributed by atoms with Gasteiger partial charge in [-0.05, 0) is 5.56 Å². The maximum Gasteiger partial charge on any atom is 0.303 e. The van der Waals surface area contributed by atoms with Crippen LogP contribution < -0.4 is 0 Å². The minimum absolute atomic E-state index is 0.285. The molecule has 1 aliphatic rings. The van der Waals surface area contributed by atoms with E-state index in [1.807, 2.05) is 30.3 Å². The van der Waals surface area contributed by atoms with Gasteiger partial charge in [0.2, 0.25) is 0 Å². The molecule has 0 aliphatic carbocycles. The molecule has 0 radical (unpaired) electrons. The van der Waals surface area contributed by atoms with E-state index in [1.165, 1.54) is 6.92 Å². The van der Waals surface area contributed by atoms with Crippen LogP contribution in [0.5, 0.6) is 0 Å². The van der Waals surface area contributed by atoms with E-state index >= 15 is 0 Å².